The highest BCUT2D eigenvalue weighted by atomic mass is 16.2. The summed E-state index contributed by atoms with van der Waals surface area (Å²) in [4.78, 5) is 29.5. The number of hydrogen-bond donors (Lipinski definition) is 3. The van der Waals surface area contributed by atoms with Crippen LogP contribution in [0.4, 0.5) is 27.5 Å². The Kier molecular flexibility index (Phi) is 7.64. The largest absolute Gasteiger partial charge is 0.366 e. The predicted octanol–water partition coefficient (Wildman–Crippen LogP) is 5.07. The molecule has 9 nitrogen and oxygen atoms in total. The molecule has 3 aromatic carbocycles. The van der Waals surface area contributed by atoms with Crippen LogP contribution < -0.4 is 21.3 Å². The van der Waals surface area contributed by atoms with E-state index in [9.17, 15) is 9.59 Å². The number of anilines is 4. The molecule has 0 spiro atoms. The molecule has 2 aliphatic rings. The summed E-state index contributed by atoms with van der Waals surface area (Å²) in [5, 5.41) is 13.2. The Balaban J connectivity index is 1.48. The molecule has 0 saturated heterocycles. The van der Waals surface area contributed by atoms with E-state index in [4.69, 9.17) is 5.73 Å². The molecule has 40 heavy (non-hydrogen) atoms. The van der Waals surface area contributed by atoms with E-state index in [-0.39, 0.29) is 12.1 Å². The van der Waals surface area contributed by atoms with Gasteiger partial charge in [-0.15, -0.1) is 0 Å². The Morgan fingerprint density at radius 2 is 1.75 bits per heavy atom. The summed E-state index contributed by atoms with van der Waals surface area (Å²) in [6.07, 6.45) is 3.63. The van der Waals surface area contributed by atoms with Gasteiger partial charge in [-0.3, -0.25) is 9.80 Å². The van der Waals surface area contributed by atoms with Crippen molar-refractivity contribution in [1.82, 2.24) is 9.91 Å². The van der Waals surface area contributed by atoms with Gasteiger partial charge in [0, 0.05) is 30.2 Å². The fourth-order valence-corrected chi connectivity index (χ4v) is 5.50. The molecule has 2 heterocycles. The second-order valence-electron chi connectivity index (χ2n) is 10.4. The van der Waals surface area contributed by atoms with Gasteiger partial charge in [-0.1, -0.05) is 44.2 Å². The number of urea groups is 1. The van der Waals surface area contributed by atoms with Gasteiger partial charge in [0.2, 0.25) is 5.91 Å². The molecule has 9 heteroatoms. The number of para-hydroxylation sites is 2. The van der Waals surface area contributed by atoms with E-state index in [1.165, 1.54) is 0 Å². The van der Waals surface area contributed by atoms with E-state index in [2.05, 4.69) is 58.7 Å². The highest BCUT2D eigenvalue weighted by Crippen LogP contribution is 2.39. The molecule has 0 aromatic heterocycles. The Labute approximate surface area is 235 Å². The van der Waals surface area contributed by atoms with Crippen LogP contribution in [0.5, 0.6) is 0 Å². The number of aryl methyl sites for hydroxylation is 3. The second kappa shape index (κ2) is 11.3. The van der Waals surface area contributed by atoms with E-state index in [1.807, 2.05) is 48.3 Å². The van der Waals surface area contributed by atoms with E-state index < -0.39 is 5.91 Å². The molecule has 1 atom stereocenters. The lowest BCUT2D eigenvalue weighted by atomic mass is 10.0. The molecule has 0 aliphatic carbocycles. The van der Waals surface area contributed by atoms with E-state index in [0.717, 1.165) is 57.8 Å². The van der Waals surface area contributed by atoms with Crippen molar-refractivity contribution in [3.05, 3.63) is 82.4 Å². The third-order valence-electron chi connectivity index (χ3n) is 7.68. The number of rotatable bonds is 7. The number of carbonyl (C=O) groups excluding carboxylic acids is 2. The molecule has 3 aromatic rings. The molecule has 3 amide bonds. The van der Waals surface area contributed by atoms with Crippen LogP contribution in [-0.4, -0.2) is 54.4 Å². The first-order chi connectivity index (χ1) is 19.3. The number of amides is 3. The minimum Gasteiger partial charge on any atom is -0.366 e. The summed E-state index contributed by atoms with van der Waals surface area (Å²) in [7, 11) is 1.95. The fourth-order valence-electron chi connectivity index (χ4n) is 5.50. The lowest BCUT2D eigenvalue weighted by Crippen LogP contribution is -2.52. The van der Waals surface area contributed by atoms with Gasteiger partial charge < -0.3 is 26.2 Å². The summed E-state index contributed by atoms with van der Waals surface area (Å²) < 4.78 is 0. The number of primary amides is 1. The number of nitrogens with one attached hydrogen (secondary N) is 2. The molecular formula is C31H37N7O2. The topological polar surface area (TPSA) is 106 Å². The number of nitrogens with two attached hydrogens (primary N) is 1. The van der Waals surface area contributed by atoms with Crippen LogP contribution in [0.2, 0.25) is 0 Å². The number of hydrazone groups is 1. The van der Waals surface area contributed by atoms with Crippen molar-refractivity contribution in [2.24, 2.45) is 10.8 Å². The van der Waals surface area contributed by atoms with Crippen molar-refractivity contribution >= 4 is 40.9 Å². The maximum Gasteiger partial charge on any atom is 0.323 e. The van der Waals surface area contributed by atoms with Crippen LogP contribution in [0.15, 0.2) is 59.7 Å². The lowest BCUT2D eigenvalue weighted by molar-refractivity contribution is 0.1000. The first-order valence-corrected chi connectivity index (χ1v) is 13.8. The highest BCUT2D eigenvalue weighted by Gasteiger charge is 2.34. The Hall–Kier alpha value is -4.53. The van der Waals surface area contributed by atoms with Gasteiger partial charge in [0.15, 0.2) is 0 Å². The van der Waals surface area contributed by atoms with Crippen molar-refractivity contribution in [3.63, 3.8) is 0 Å². The van der Waals surface area contributed by atoms with Crippen molar-refractivity contribution in [3.8, 4) is 0 Å². The summed E-state index contributed by atoms with van der Waals surface area (Å²) in [6.45, 7) is 7.77. The maximum atomic E-state index is 13.7. The van der Waals surface area contributed by atoms with Gasteiger partial charge >= 0.3 is 6.03 Å². The zero-order valence-corrected chi connectivity index (χ0v) is 23.6. The molecule has 1 unspecified atom stereocenters. The van der Waals surface area contributed by atoms with Crippen LogP contribution in [0.25, 0.3) is 0 Å². The molecule has 5 rings (SSSR count). The van der Waals surface area contributed by atoms with Crippen LogP contribution in [0, 0.1) is 6.92 Å². The molecule has 0 bridgehead atoms. The van der Waals surface area contributed by atoms with Gasteiger partial charge in [0.05, 0.1) is 37.2 Å². The third-order valence-corrected chi connectivity index (χ3v) is 7.68. The van der Waals surface area contributed by atoms with Crippen LogP contribution in [0.1, 0.15) is 46.5 Å². The Bertz CT molecular complexity index is 1450. The average Bonchev–Trinajstić information content (AvgIpc) is 3.39. The predicted molar refractivity (Wildman–Crippen MR) is 161 cm³/mol. The van der Waals surface area contributed by atoms with Crippen molar-refractivity contribution < 1.29 is 9.59 Å². The van der Waals surface area contributed by atoms with Crippen molar-refractivity contribution in [2.45, 2.75) is 46.2 Å². The van der Waals surface area contributed by atoms with Gasteiger partial charge in [0.25, 0.3) is 0 Å². The van der Waals surface area contributed by atoms with Crippen molar-refractivity contribution in [1.29, 1.82) is 0 Å². The number of likely N-dealkylation sites (N-methyl/N-ethyl adjacent to an activating group) is 1. The van der Waals surface area contributed by atoms with E-state index in [0.29, 0.717) is 25.3 Å². The lowest BCUT2D eigenvalue weighted by Gasteiger charge is -2.42. The highest BCUT2D eigenvalue weighted by molar-refractivity contribution is 5.94. The van der Waals surface area contributed by atoms with Gasteiger partial charge in [-0.05, 0) is 66.3 Å². The summed E-state index contributed by atoms with van der Waals surface area (Å²) in [6, 6.07) is 17.6. The molecule has 2 aliphatic heterocycles. The van der Waals surface area contributed by atoms with Crippen LogP contribution in [0.3, 0.4) is 0 Å². The van der Waals surface area contributed by atoms with Gasteiger partial charge in [-0.25, -0.2) is 4.79 Å². The summed E-state index contributed by atoms with van der Waals surface area (Å²) in [5.41, 5.74) is 14.0. The first-order valence-electron chi connectivity index (χ1n) is 13.8. The molecule has 0 fully saturated rings. The Morgan fingerprint density at radius 1 is 1.02 bits per heavy atom. The van der Waals surface area contributed by atoms with E-state index in [1.54, 1.807) is 12.1 Å². The second-order valence-corrected chi connectivity index (χ2v) is 10.4. The minimum absolute atomic E-state index is 0.00485. The molecule has 0 radical (unpaired) electrons. The standard InChI is InChI=1S/C31H37N7O2/c1-5-21-9-7-10-22(6-2)28(21)35-31(40)37-17-24-11-8-12-27(29(24)38(19-37)25-16-33-36(4)18-25)34-26-14-13-23(30(32)39)15-20(26)3/h7-16,25,34H,5-6,17-19H2,1-4H3,(H2,32,39)(H,35,40). The third kappa shape index (κ3) is 5.32. The number of carbonyl (C=O) groups is 2. The van der Waals surface area contributed by atoms with Crippen LogP contribution >= 0.6 is 0 Å². The van der Waals surface area contributed by atoms with Gasteiger partial charge in [-0.2, -0.15) is 5.10 Å². The smallest absolute Gasteiger partial charge is 0.323 e. The van der Waals surface area contributed by atoms with Crippen LogP contribution in [-0.2, 0) is 19.4 Å². The zero-order valence-electron chi connectivity index (χ0n) is 23.6. The molecular weight excluding hydrogens is 502 g/mol. The normalized spacial score (nSPS) is 16.2. The number of fused-ring (bicyclic) bond motifs is 1. The van der Waals surface area contributed by atoms with Gasteiger partial charge in [0.1, 0.15) is 0 Å². The SMILES string of the molecule is CCc1cccc(CC)c1NC(=O)N1Cc2cccc(Nc3ccc(C(N)=O)cc3C)c2N(C2C=NN(C)C2)C1. The Morgan fingerprint density at radius 3 is 2.38 bits per heavy atom. The summed E-state index contributed by atoms with van der Waals surface area (Å²) in [5.74, 6) is -0.450. The van der Waals surface area contributed by atoms with Crippen molar-refractivity contribution in [2.75, 3.05) is 35.8 Å². The molecule has 4 N–H and O–H groups in total. The first kappa shape index (κ1) is 27.1. The number of nitrogens with zero attached hydrogens (tertiary/aromatic N) is 4. The maximum absolute atomic E-state index is 13.7. The fraction of sp³-hybridized carbons (Fsp3) is 0.323. The average molecular weight is 540 g/mol. The molecule has 0 saturated carbocycles. The number of benzene rings is 3. The minimum atomic E-state index is -0.450. The van der Waals surface area contributed by atoms with E-state index >= 15 is 0 Å². The number of hydrogen-bond acceptors (Lipinski definition) is 6. The monoisotopic (exact) mass is 539 g/mol. The molecule has 208 valence electrons. The summed E-state index contributed by atoms with van der Waals surface area (Å²) >= 11 is 0. The quantitative estimate of drug-likeness (QED) is 0.389. The zero-order chi connectivity index (χ0) is 28.4.